The Hall–Kier alpha value is -2.93. The fraction of sp³-hybridized carbons (Fsp3) is 0.364. The molecule has 3 rings (SSSR count). The van der Waals surface area contributed by atoms with Gasteiger partial charge >= 0.3 is 0 Å². The molecule has 0 bridgehead atoms. The van der Waals surface area contributed by atoms with Crippen molar-refractivity contribution in [2.24, 2.45) is 5.92 Å². The minimum Gasteiger partial charge on any atom is -0.497 e. The van der Waals surface area contributed by atoms with Crippen molar-refractivity contribution in [3.8, 4) is 17.2 Å². The van der Waals surface area contributed by atoms with Gasteiger partial charge in [-0.25, -0.2) is 0 Å². The SMILES string of the molecule is COc1cc(OC)cc(C(=O)N2CCC(C(=O)Nc3ccc(OC)c(Cl)c3)CC2)c1. The molecule has 1 saturated heterocycles. The van der Waals surface area contributed by atoms with Crippen molar-refractivity contribution in [1.29, 1.82) is 0 Å². The topological polar surface area (TPSA) is 77.1 Å². The molecule has 30 heavy (non-hydrogen) atoms. The Morgan fingerprint density at radius 1 is 0.967 bits per heavy atom. The molecule has 0 saturated carbocycles. The Bertz CT molecular complexity index is 903. The number of ether oxygens (including phenoxy) is 3. The van der Waals surface area contributed by atoms with E-state index in [1.165, 1.54) is 7.11 Å². The van der Waals surface area contributed by atoms with Crippen LogP contribution >= 0.6 is 11.6 Å². The van der Waals surface area contributed by atoms with E-state index >= 15 is 0 Å². The molecule has 0 aromatic heterocycles. The Morgan fingerprint density at radius 3 is 2.13 bits per heavy atom. The van der Waals surface area contributed by atoms with Crippen molar-refractivity contribution in [3.05, 3.63) is 47.0 Å². The zero-order chi connectivity index (χ0) is 21.7. The van der Waals surface area contributed by atoms with Gasteiger partial charge in [0, 0.05) is 36.3 Å². The second-order valence-corrected chi connectivity index (χ2v) is 7.41. The van der Waals surface area contributed by atoms with Crippen LogP contribution in [-0.2, 0) is 4.79 Å². The third-order valence-electron chi connectivity index (χ3n) is 5.17. The number of hydrogen-bond acceptors (Lipinski definition) is 5. The van der Waals surface area contributed by atoms with Crippen LogP contribution < -0.4 is 19.5 Å². The molecular formula is C22H25ClN2O5. The molecular weight excluding hydrogens is 408 g/mol. The van der Waals surface area contributed by atoms with Gasteiger partial charge in [0.15, 0.2) is 0 Å². The van der Waals surface area contributed by atoms with Crippen LogP contribution in [0.3, 0.4) is 0 Å². The lowest BCUT2D eigenvalue weighted by Gasteiger charge is -2.31. The van der Waals surface area contributed by atoms with E-state index in [2.05, 4.69) is 5.32 Å². The highest BCUT2D eigenvalue weighted by Crippen LogP contribution is 2.29. The number of methoxy groups -OCH3 is 3. The van der Waals surface area contributed by atoms with Crippen LogP contribution in [0.15, 0.2) is 36.4 Å². The van der Waals surface area contributed by atoms with Crippen LogP contribution in [-0.4, -0.2) is 51.1 Å². The first-order valence-corrected chi connectivity index (χ1v) is 9.99. The number of nitrogens with zero attached hydrogens (tertiary/aromatic N) is 1. The van der Waals surface area contributed by atoms with Gasteiger partial charge in [0.05, 0.1) is 26.4 Å². The number of nitrogens with one attached hydrogen (secondary N) is 1. The Kier molecular flexibility index (Phi) is 7.05. The average Bonchev–Trinajstić information content (AvgIpc) is 2.78. The second kappa shape index (κ2) is 9.71. The van der Waals surface area contributed by atoms with Gasteiger partial charge in [-0.05, 0) is 43.2 Å². The fourth-order valence-electron chi connectivity index (χ4n) is 3.45. The molecule has 8 heteroatoms. The van der Waals surface area contributed by atoms with Crippen molar-refractivity contribution in [3.63, 3.8) is 0 Å². The van der Waals surface area contributed by atoms with Crippen LogP contribution in [0.1, 0.15) is 23.2 Å². The largest absolute Gasteiger partial charge is 0.497 e. The van der Waals surface area contributed by atoms with Crippen molar-refractivity contribution in [2.75, 3.05) is 39.7 Å². The van der Waals surface area contributed by atoms with E-state index in [4.69, 9.17) is 25.8 Å². The van der Waals surface area contributed by atoms with E-state index in [-0.39, 0.29) is 17.7 Å². The minimum absolute atomic E-state index is 0.0774. The summed E-state index contributed by atoms with van der Waals surface area (Å²) in [4.78, 5) is 27.3. The number of piperidine rings is 1. The van der Waals surface area contributed by atoms with E-state index in [9.17, 15) is 9.59 Å². The first-order valence-electron chi connectivity index (χ1n) is 9.62. The first kappa shape index (κ1) is 21.8. The summed E-state index contributed by atoms with van der Waals surface area (Å²) in [6.45, 7) is 1.000. The summed E-state index contributed by atoms with van der Waals surface area (Å²) in [5.41, 5.74) is 1.12. The van der Waals surface area contributed by atoms with Crippen molar-refractivity contribution in [1.82, 2.24) is 4.90 Å². The van der Waals surface area contributed by atoms with Gasteiger partial charge in [-0.1, -0.05) is 11.6 Å². The van der Waals surface area contributed by atoms with Gasteiger partial charge in [0.1, 0.15) is 17.2 Å². The normalized spacial score (nSPS) is 14.2. The molecule has 0 radical (unpaired) electrons. The highest BCUT2D eigenvalue weighted by atomic mass is 35.5. The molecule has 0 atom stereocenters. The fourth-order valence-corrected chi connectivity index (χ4v) is 3.70. The number of anilines is 1. The maximum Gasteiger partial charge on any atom is 0.254 e. The summed E-state index contributed by atoms with van der Waals surface area (Å²) in [6.07, 6.45) is 1.17. The Balaban J connectivity index is 1.59. The summed E-state index contributed by atoms with van der Waals surface area (Å²) in [5, 5.41) is 3.33. The third-order valence-corrected chi connectivity index (χ3v) is 5.47. The van der Waals surface area contributed by atoms with Gasteiger partial charge in [0.25, 0.3) is 5.91 Å². The first-order chi connectivity index (χ1) is 14.4. The van der Waals surface area contributed by atoms with Gasteiger partial charge in [-0.3, -0.25) is 9.59 Å². The van der Waals surface area contributed by atoms with Crippen LogP contribution in [0, 0.1) is 5.92 Å². The molecule has 1 N–H and O–H groups in total. The predicted molar refractivity (Wildman–Crippen MR) is 115 cm³/mol. The summed E-state index contributed by atoms with van der Waals surface area (Å²) >= 11 is 6.12. The molecule has 1 heterocycles. The average molecular weight is 433 g/mol. The lowest BCUT2D eigenvalue weighted by molar-refractivity contribution is -0.121. The number of rotatable bonds is 6. The molecule has 2 amide bonds. The molecule has 1 fully saturated rings. The number of carbonyl (C=O) groups excluding carboxylic acids is 2. The monoisotopic (exact) mass is 432 g/mol. The summed E-state index contributed by atoms with van der Waals surface area (Å²) in [6, 6.07) is 10.2. The van der Waals surface area contributed by atoms with Crippen molar-refractivity contribution < 1.29 is 23.8 Å². The van der Waals surface area contributed by atoms with Crippen LogP contribution in [0.25, 0.3) is 0 Å². The molecule has 160 valence electrons. The van der Waals surface area contributed by atoms with Crippen LogP contribution in [0.2, 0.25) is 5.02 Å². The molecule has 0 aliphatic carbocycles. The second-order valence-electron chi connectivity index (χ2n) is 7.01. The van der Waals surface area contributed by atoms with Gasteiger partial charge < -0.3 is 24.4 Å². The number of benzene rings is 2. The van der Waals surface area contributed by atoms with E-state index in [0.717, 1.165) is 0 Å². The Labute approximate surface area is 180 Å². The van der Waals surface area contributed by atoms with E-state index in [1.54, 1.807) is 55.5 Å². The highest BCUT2D eigenvalue weighted by Gasteiger charge is 2.28. The summed E-state index contributed by atoms with van der Waals surface area (Å²) in [5.74, 6) is 1.32. The zero-order valence-corrected chi connectivity index (χ0v) is 18.0. The summed E-state index contributed by atoms with van der Waals surface area (Å²) < 4.78 is 15.6. The van der Waals surface area contributed by atoms with Gasteiger partial charge in [-0.2, -0.15) is 0 Å². The number of hydrogen-bond donors (Lipinski definition) is 1. The third kappa shape index (κ3) is 4.97. The smallest absolute Gasteiger partial charge is 0.254 e. The molecule has 0 spiro atoms. The molecule has 2 aromatic carbocycles. The predicted octanol–water partition coefficient (Wildman–Crippen LogP) is 3.86. The number of likely N-dealkylation sites (tertiary alicyclic amines) is 1. The maximum atomic E-state index is 12.9. The van der Waals surface area contributed by atoms with E-state index < -0.39 is 0 Å². The van der Waals surface area contributed by atoms with Crippen molar-refractivity contribution in [2.45, 2.75) is 12.8 Å². The highest BCUT2D eigenvalue weighted by molar-refractivity contribution is 6.32. The molecule has 1 aliphatic rings. The molecule has 0 unspecified atom stereocenters. The number of halogens is 1. The number of amides is 2. The van der Waals surface area contributed by atoms with Crippen molar-refractivity contribution >= 4 is 29.1 Å². The maximum absolute atomic E-state index is 12.9. The summed E-state index contributed by atoms with van der Waals surface area (Å²) in [7, 11) is 4.63. The standard InChI is InChI=1S/C22H25ClN2O5/c1-28-17-10-15(11-18(13-17)29-2)22(27)25-8-6-14(7-9-25)21(26)24-16-4-5-20(30-3)19(23)12-16/h4-5,10-14H,6-9H2,1-3H3,(H,24,26). The lowest BCUT2D eigenvalue weighted by atomic mass is 9.95. The molecule has 1 aliphatic heterocycles. The minimum atomic E-state index is -0.172. The van der Waals surface area contributed by atoms with Crippen LogP contribution in [0.4, 0.5) is 5.69 Å². The number of carbonyl (C=O) groups is 2. The van der Waals surface area contributed by atoms with Crippen LogP contribution in [0.5, 0.6) is 17.2 Å². The van der Waals surface area contributed by atoms with Gasteiger partial charge in [-0.15, -0.1) is 0 Å². The van der Waals surface area contributed by atoms with Gasteiger partial charge in [0.2, 0.25) is 5.91 Å². The molecule has 2 aromatic rings. The Morgan fingerprint density at radius 2 is 1.60 bits per heavy atom. The molecule has 7 nitrogen and oxygen atoms in total. The zero-order valence-electron chi connectivity index (χ0n) is 17.2. The quantitative estimate of drug-likeness (QED) is 0.750. The van der Waals surface area contributed by atoms with E-state index in [0.29, 0.717) is 59.5 Å². The van der Waals surface area contributed by atoms with E-state index in [1.807, 2.05) is 0 Å². The lowest BCUT2D eigenvalue weighted by Crippen LogP contribution is -2.41.